The lowest BCUT2D eigenvalue weighted by molar-refractivity contribution is 0.101. The van der Waals surface area contributed by atoms with Crippen LogP contribution < -0.4 is 4.74 Å². The zero-order chi connectivity index (χ0) is 12.7. The summed E-state index contributed by atoms with van der Waals surface area (Å²) in [6, 6.07) is 5.44. The van der Waals surface area contributed by atoms with Gasteiger partial charge in [-0.05, 0) is 38.0 Å². The van der Waals surface area contributed by atoms with Gasteiger partial charge in [-0.2, -0.15) is 0 Å². The molecule has 0 aliphatic heterocycles. The molecule has 1 aromatic rings. The molecule has 0 radical (unpaired) electrons. The summed E-state index contributed by atoms with van der Waals surface area (Å²) in [7, 11) is 1.68. The van der Waals surface area contributed by atoms with Gasteiger partial charge in [0.05, 0.1) is 12.2 Å². The number of benzene rings is 1. The second-order valence-electron chi connectivity index (χ2n) is 3.75. The van der Waals surface area contributed by atoms with E-state index in [9.17, 15) is 4.79 Å². The van der Waals surface area contributed by atoms with Crippen LogP contribution in [0.1, 0.15) is 30.1 Å². The quantitative estimate of drug-likeness (QED) is 0.571. The largest absolute Gasteiger partial charge is 0.493 e. The molecule has 0 saturated carbocycles. The van der Waals surface area contributed by atoms with E-state index in [1.165, 1.54) is 0 Å². The fourth-order valence-electron chi connectivity index (χ4n) is 1.44. The smallest absolute Gasteiger partial charge is 0.163 e. The highest BCUT2D eigenvalue weighted by Gasteiger charge is 2.08. The Balaban J connectivity index is 2.56. The van der Waals surface area contributed by atoms with Crippen LogP contribution in [0, 0.1) is 0 Å². The fraction of sp³-hybridized carbons (Fsp3) is 0.462. The number of Topliss-reactive ketones (excluding diaryl/α,β-unsaturated/α-hetero) is 1. The van der Waals surface area contributed by atoms with E-state index in [4.69, 9.17) is 9.47 Å². The summed E-state index contributed by atoms with van der Waals surface area (Å²) < 4.78 is 11.5. The molecule has 0 aliphatic rings. The lowest BCUT2D eigenvalue weighted by Gasteiger charge is -2.10. The van der Waals surface area contributed by atoms with Gasteiger partial charge in [0, 0.05) is 18.2 Å². The zero-order valence-electron chi connectivity index (χ0n) is 10.2. The Labute approximate surface area is 110 Å². The number of carbonyl (C=O) groups is 1. The van der Waals surface area contributed by atoms with Gasteiger partial charge in [-0.1, -0.05) is 15.9 Å². The molecular formula is C13H17BrO3. The van der Waals surface area contributed by atoms with E-state index < -0.39 is 0 Å². The van der Waals surface area contributed by atoms with Crippen LogP contribution in [-0.4, -0.2) is 26.1 Å². The first-order valence-electron chi connectivity index (χ1n) is 5.57. The van der Waals surface area contributed by atoms with E-state index in [1.54, 1.807) is 20.1 Å². The maximum Gasteiger partial charge on any atom is 0.163 e. The van der Waals surface area contributed by atoms with E-state index in [-0.39, 0.29) is 5.78 Å². The van der Waals surface area contributed by atoms with Gasteiger partial charge in [0.15, 0.2) is 5.78 Å². The predicted molar refractivity (Wildman–Crippen MR) is 70.8 cm³/mol. The van der Waals surface area contributed by atoms with E-state index in [0.717, 1.165) is 23.9 Å². The number of hydrogen-bond acceptors (Lipinski definition) is 3. The highest BCUT2D eigenvalue weighted by atomic mass is 79.9. The Hall–Kier alpha value is -0.870. The Morgan fingerprint density at radius 1 is 1.29 bits per heavy atom. The lowest BCUT2D eigenvalue weighted by Crippen LogP contribution is -2.04. The zero-order valence-corrected chi connectivity index (χ0v) is 11.7. The van der Waals surface area contributed by atoms with Crippen LogP contribution in [0.15, 0.2) is 22.7 Å². The first-order chi connectivity index (χ1) is 8.15. The Morgan fingerprint density at radius 3 is 2.65 bits per heavy atom. The first kappa shape index (κ1) is 14.2. The molecule has 3 nitrogen and oxygen atoms in total. The summed E-state index contributed by atoms with van der Waals surface area (Å²) in [5, 5.41) is 0. The highest BCUT2D eigenvalue weighted by Crippen LogP contribution is 2.24. The molecule has 0 fully saturated rings. The van der Waals surface area contributed by atoms with Crippen molar-refractivity contribution in [2.45, 2.75) is 19.8 Å². The molecule has 0 bridgehead atoms. The molecular weight excluding hydrogens is 284 g/mol. The van der Waals surface area contributed by atoms with Gasteiger partial charge in [-0.15, -0.1) is 0 Å². The van der Waals surface area contributed by atoms with Gasteiger partial charge in [0.1, 0.15) is 5.75 Å². The van der Waals surface area contributed by atoms with Crippen molar-refractivity contribution in [2.75, 3.05) is 20.3 Å². The van der Waals surface area contributed by atoms with Crippen molar-refractivity contribution < 1.29 is 14.3 Å². The van der Waals surface area contributed by atoms with Gasteiger partial charge in [-0.3, -0.25) is 4.79 Å². The van der Waals surface area contributed by atoms with Gasteiger partial charge in [0.2, 0.25) is 0 Å². The van der Waals surface area contributed by atoms with E-state index in [1.807, 2.05) is 12.1 Å². The molecule has 0 aliphatic carbocycles. The summed E-state index contributed by atoms with van der Waals surface area (Å²) in [5.41, 5.74) is 0.625. The summed E-state index contributed by atoms with van der Waals surface area (Å²) >= 11 is 3.37. The molecule has 4 heteroatoms. The number of hydrogen-bond donors (Lipinski definition) is 0. The SMILES string of the molecule is COCCCCOc1cc(Br)ccc1C(C)=O. The second kappa shape index (κ2) is 7.45. The van der Waals surface area contributed by atoms with E-state index in [0.29, 0.717) is 17.9 Å². The van der Waals surface area contributed by atoms with E-state index in [2.05, 4.69) is 15.9 Å². The fourth-order valence-corrected chi connectivity index (χ4v) is 1.78. The third-order valence-corrected chi connectivity index (χ3v) is 2.82. The van der Waals surface area contributed by atoms with Crippen LogP contribution >= 0.6 is 15.9 Å². The first-order valence-corrected chi connectivity index (χ1v) is 6.36. The minimum absolute atomic E-state index is 0.0180. The predicted octanol–water partition coefficient (Wildman–Crippen LogP) is 3.46. The molecule has 0 atom stereocenters. The molecule has 1 rings (SSSR count). The molecule has 17 heavy (non-hydrogen) atoms. The van der Waals surface area contributed by atoms with Crippen molar-refractivity contribution in [2.24, 2.45) is 0 Å². The molecule has 0 N–H and O–H groups in total. The van der Waals surface area contributed by atoms with Crippen molar-refractivity contribution >= 4 is 21.7 Å². The second-order valence-corrected chi connectivity index (χ2v) is 4.66. The molecule has 0 unspecified atom stereocenters. The molecule has 0 spiro atoms. The number of rotatable bonds is 7. The number of unbranched alkanes of at least 4 members (excludes halogenated alkanes) is 1. The number of halogens is 1. The number of methoxy groups -OCH3 is 1. The van der Waals surface area contributed by atoms with Gasteiger partial charge < -0.3 is 9.47 Å². The van der Waals surface area contributed by atoms with Crippen LogP contribution in [-0.2, 0) is 4.74 Å². The number of ether oxygens (including phenoxy) is 2. The summed E-state index contributed by atoms with van der Waals surface area (Å²) in [6.45, 7) is 2.88. The monoisotopic (exact) mass is 300 g/mol. The minimum atomic E-state index is 0.0180. The number of carbonyl (C=O) groups excluding carboxylic acids is 1. The maximum absolute atomic E-state index is 11.4. The molecule has 1 aromatic carbocycles. The Morgan fingerprint density at radius 2 is 2.00 bits per heavy atom. The highest BCUT2D eigenvalue weighted by molar-refractivity contribution is 9.10. The third kappa shape index (κ3) is 4.88. The molecule has 0 saturated heterocycles. The molecule has 94 valence electrons. The van der Waals surface area contributed by atoms with Crippen molar-refractivity contribution in [1.82, 2.24) is 0 Å². The van der Waals surface area contributed by atoms with Crippen molar-refractivity contribution in [3.63, 3.8) is 0 Å². The molecule has 0 amide bonds. The molecule has 0 aromatic heterocycles. The van der Waals surface area contributed by atoms with Gasteiger partial charge in [-0.25, -0.2) is 0 Å². The van der Waals surface area contributed by atoms with Crippen LogP contribution in [0.25, 0.3) is 0 Å². The van der Waals surface area contributed by atoms with Gasteiger partial charge in [0.25, 0.3) is 0 Å². The lowest BCUT2D eigenvalue weighted by atomic mass is 10.1. The Bertz CT molecular complexity index is 377. The van der Waals surface area contributed by atoms with Crippen molar-refractivity contribution in [1.29, 1.82) is 0 Å². The minimum Gasteiger partial charge on any atom is -0.493 e. The van der Waals surface area contributed by atoms with E-state index >= 15 is 0 Å². The average molecular weight is 301 g/mol. The summed E-state index contributed by atoms with van der Waals surface area (Å²) in [6.07, 6.45) is 1.87. The van der Waals surface area contributed by atoms with Crippen LogP contribution in [0.2, 0.25) is 0 Å². The van der Waals surface area contributed by atoms with Crippen LogP contribution in [0.3, 0.4) is 0 Å². The number of ketones is 1. The normalized spacial score (nSPS) is 10.3. The topological polar surface area (TPSA) is 35.5 Å². The molecule has 0 heterocycles. The van der Waals surface area contributed by atoms with Gasteiger partial charge >= 0.3 is 0 Å². The standard InChI is InChI=1S/C13H17BrO3/c1-10(15)12-6-5-11(14)9-13(12)17-8-4-3-7-16-2/h5-6,9H,3-4,7-8H2,1-2H3. The Kier molecular flexibility index (Phi) is 6.22. The average Bonchev–Trinajstić information content (AvgIpc) is 2.28. The van der Waals surface area contributed by atoms with Crippen molar-refractivity contribution in [3.8, 4) is 5.75 Å². The van der Waals surface area contributed by atoms with Crippen LogP contribution in [0.5, 0.6) is 5.75 Å². The van der Waals surface area contributed by atoms with Crippen LogP contribution in [0.4, 0.5) is 0 Å². The maximum atomic E-state index is 11.4. The van der Waals surface area contributed by atoms with Crippen molar-refractivity contribution in [3.05, 3.63) is 28.2 Å². The summed E-state index contributed by atoms with van der Waals surface area (Å²) in [4.78, 5) is 11.4. The summed E-state index contributed by atoms with van der Waals surface area (Å²) in [5.74, 6) is 0.661. The third-order valence-electron chi connectivity index (χ3n) is 2.32.